The number of hydrogen-bond donors (Lipinski definition) is 2. The molecule has 0 spiro atoms. The predicted octanol–water partition coefficient (Wildman–Crippen LogP) is 2.66. The van der Waals surface area contributed by atoms with Gasteiger partial charge in [-0.15, -0.1) is 0 Å². The van der Waals surface area contributed by atoms with Crippen molar-refractivity contribution in [1.82, 2.24) is 5.32 Å². The molecule has 21 heavy (non-hydrogen) atoms. The van der Waals surface area contributed by atoms with Crippen molar-refractivity contribution in [3.63, 3.8) is 0 Å². The van der Waals surface area contributed by atoms with Gasteiger partial charge in [0.2, 0.25) is 5.91 Å². The number of aryl methyl sites for hydroxylation is 1. The lowest BCUT2D eigenvalue weighted by atomic mass is 10.1. The number of amides is 1. The highest BCUT2D eigenvalue weighted by atomic mass is 35.5. The molecule has 0 saturated heterocycles. The summed E-state index contributed by atoms with van der Waals surface area (Å²) in [7, 11) is 0. The van der Waals surface area contributed by atoms with Gasteiger partial charge in [-0.25, -0.2) is 0 Å². The first-order valence-electron chi connectivity index (χ1n) is 7.48. The molecule has 1 fully saturated rings. The highest BCUT2D eigenvalue weighted by Gasteiger charge is 2.27. The number of nitrogens with two attached hydrogens (primary N) is 1. The van der Waals surface area contributed by atoms with Crippen molar-refractivity contribution in [2.75, 3.05) is 13.2 Å². The van der Waals surface area contributed by atoms with Crippen molar-refractivity contribution in [1.29, 1.82) is 0 Å². The average Bonchev–Trinajstić information content (AvgIpc) is 2.87. The quantitative estimate of drug-likeness (QED) is 0.794. The molecular formula is C16H23ClN2O2. The molecule has 1 aliphatic carbocycles. The monoisotopic (exact) mass is 310 g/mol. The smallest absolute Gasteiger partial charge is 0.223 e. The molecule has 1 aromatic carbocycles. The van der Waals surface area contributed by atoms with Gasteiger partial charge in [0.15, 0.2) is 0 Å². The number of nitrogens with one attached hydrogen (secondary N) is 1. The van der Waals surface area contributed by atoms with Crippen LogP contribution in [0.25, 0.3) is 0 Å². The van der Waals surface area contributed by atoms with Gasteiger partial charge < -0.3 is 15.8 Å². The molecule has 0 radical (unpaired) electrons. The van der Waals surface area contributed by atoms with E-state index < -0.39 is 0 Å². The number of halogens is 1. The van der Waals surface area contributed by atoms with E-state index in [9.17, 15) is 4.79 Å². The minimum absolute atomic E-state index is 0.0967. The molecule has 1 amide bonds. The predicted molar refractivity (Wildman–Crippen MR) is 84.6 cm³/mol. The maximum absolute atomic E-state index is 11.9. The Labute approximate surface area is 131 Å². The SMILES string of the molecule is Cc1cc(Cl)ccc1OCCCNC(=O)C1CCC(N)C1. The summed E-state index contributed by atoms with van der Waals surface area (Å²) >= 11 is 5.90. The van der Waals surface area contributed by atoms with Gasteiger partial charge in [-0.2, -0.15) is 0 Å². The molecule has 2 atom stereocenters. The van der Waals surface area contributed by atoms with Gasteiger partial charge in [0.25, 0.3) is 0 Å². The Hall–Kier alpha value is -1.26. The van der Waals surface area contributed by atoms with Gasteiger partial charge in [-0.05, 0) is 56.4 Å². The van der Waals surface area contributed by atoms with Crippen LogP contribution in [0.3, 0.4) is 0 Å². The number of carbonyl (C=O) groups is 1. The zero-order chi connectivity index (χ0) is 15.2. The Bertz CT molecular complexity index is 493. The van der Waals surface area contributed by atoms with Crippen molar-refractivity contribution in [2.45, 2.75) is 38.6 Å². The summed E-state index contributed by atoms with van der Waals surface area (Å²) in [6, 6.07) is 5.75. The molecule has 1 aromatic rings. The maximum Gasteiger partial charge on any atom is 0.223 e. The molecule has 4 nitrogen and oxygen atoms in total. The van der Waals surface area contributed by atoms with Gasteiger partial charge in [-0.3, -0.25) is 4.79 Å². The second kappa shape index (κ2) is 7.66. The fourth-order valence-electron chi connectivity index (χ4n) is 2.64. The Morgan fingerprint density at radius 1 is 1.48 bits per heavy atom. The molecule has 0 bridgehead atoms. The number of benzene rings is 1. The van der Waals surface area contributed by atoms with Crippen LogP contribution in [0.15, 0.2) is 18.2 Å². The van der Waals surface area contributed by atoms with Gasteiger partial charge in [-0.1, -0.05) is 11.6 Å². The van der Waals surface area contributed by atoms with Crippen molar-refractivity contribution < 1.29 is 9.53 Å². The van der Waals surface area contributed by atoms with Gasteiger partial charge in [0.1, 0.15) is 5.75 Å². The third kappa shape index (κ3) is 4.90. The molecule has 0 aliphatic heterocycles. The first-order chi connectivity index (χ1) is 10.1. The number of carbonyl (C=O) groups excluding carboxylic acids is 1. The van der Waals surface area contributed by atoms with Crippen LogP contribution in [-0.2, 0) is 4.79 Å². The van der Waals surface area contributed by atoms with E-state index in [1.54, 1.807) is 0 Å². The van der Waals surface area contributed by atoms with Crippen LogP contribution in [0.5, 0.6) is 5.75 Å². The lowest BCUT2D eigenvalue weighted by molar-refractivity contribution is -0.124. The van der Waals surface area contributed by atoms with Crippen LogP contribution in [0.1, 0.15) is 31.2 Å². The van der Waals surface area contributed by atoms with Gasteiger partial charge in [0.05, 0.1) is 6.61 Å². The zero-order valence-corrected chi connectivity index (χ0v) is 13.2. The topological polar surface area (TPSA) is 64.3 Å². The minimum Gasteiger partial charge on any atom is -0.493 e. The lowest BCUT2D eigenvalue weighted by Gasteiger charge is -2.12. The number of ether oxygens (including phenoxy) is 1. The third-order valence-corrected chi connectivity index (χ3v) is 4.09. The third-order valence-electron chi connectivity index (χ3n) is 3.86. The van der Waals surface area contributed by atoms with Crippen molar-refractivity contribution in [3.8, 4) is 5.75 Å². The molecule has 2 rings (SSSR count). The first kappa shape index (κ1) is 16.1. The molecule has 1 saturated carbocycles. The Morgan fingerprint density at radius 3 is 2.95 bits per heavy atom. The molecule has 3 N–H and O–H groups in total. The normalized spacial score (nSPS) is 21.3. The minimum atomic E-state index is 0.0967. The van der Waals surface area contributed by atoms with Crippen LogP contribution < -0.4 is 15.8 Å². The molecule has 0 aromatic heterocycles. The molecule has 116 valence electrons. The highest BCUT2D eigenvalue weighted by Crippen LogP contribution is 2.24. The molecule has 2 unspecified atom stereocenters. The van der Waals surface area contributed by atoms with E-state index in [-0.39, 0.29) is 17.9 Å². The summed E-state index contributed by atoms with van der Waals surface area (Å²) in [6.07, 6.45) is 3.46. The standard InChI is InChI=1S/C16H23ClN2O2/c1-11-9-13(17)4-6-15(11)21-8-2-7-19-16(20)12-3-5-14(18)10-12/h4,6,9,12,14H,2-3,5,7-8,10,18H2,1H3,(H,19,20). The van der Waals surface area contributed by atoms with E-state index in [1.807, 2.05) is 25.1 Å². The van der Waals surface area contributed by atoms with Gasteiger partial charge >= 0.3 is 0 Å². The first-order valence-corrected chi connectivity index (χ1v) is 7.86. The van der Waals surface area contributed by atoms with E-state index >= 15 is 0 Å². The van der Waals surface area contributed by atoms with Crippen LogP contribution in [0.2, 0.25) is 5.02 Å². The van der Waals surface area contributed by atoms with Crippen molar-refractivity contribution in [3.05, 3.63) is 28.8 Å². The second-order valence-corrected chi connectivity index (χ2v) is 6.11. The van der Waals surface area contributed by atoms with Crippen LogP contribution >= 0.6 is 11.6 Å². The van der Waals surface area contributed by atoms with E-state index in [0.29, 0.717) is 18.2 Å². The summed E-state index contributed by atoms with van der Waals surface area (Å²) in [5.74, 6) is 1.07. The molecule has 1 aliphatic rings. The van der Waals surface area contributed by atoms with Gasteiger partial charge in [0, 0.05) is 23.5 Å². The Balaban J connectivity index is 1.62. The number of rotatable bonds is 6. The summed E-state index contributed by atoms with van der Waals surface area (Å²) in [5, 5.41) is 3.67. The van der Waals surface area contributed by atoms with E-state index in [0.717, 1.165) is 37.0 Å². The fourth-order valence-corrected chi connectivity index (χ4v) is 2.87. The van der Waals surface area contributed by atoms with E-state index in [1.165, 1.54) is 0 Å². The van der Waals surface area contributed by atoms with Crippen LogP contribution in [-0.4, -0.2) is 25.1 Å². The lowest BCUT2D eigenvalue weighted by Crippen LogP contribution is -2.31. The summed E-state index contributed by atoms with van der Waals surface area (Å²) in [5.41, 5.74) is 6.84. The van der Waals surface area contributed by atoms with Crippen LogP contribution in [0.4, 0.5) is 0 Å². The van der Waals surface area contributed by atoms with E-state index in [2.05, 4.69) is 5.32 Å². The van der Waals surface area contributed by atoms with Crippen molar-refractivity contribution >= 4 is 17.5 Å². The summed E-state index contributed by atoms with van der Waals surface area (Å²) in [6.45, 7) is 3.18. The largest absolute Gasteiger partial charge is 0.493 e. The molecule has 0 heterocycles. The average molecular weight is 311 g/mol. The molecule has 5 heteroatoms. The fraction of sp³-hybridized carbons (Fsp3) is 0.562. The summed E-state index contributed by atoms with van der Waals surface area (Å²) in [4.78, 5) is 11.9. The second-order valence-electron chi connectivity index (χ2n) is 5.67. The molecular weight excluding hydrogens is 288 g/mol. The van der Waals surface area contributed by atoms with Crippen molar-refractivity contribution in [2.24, 2.45) is 11.7 Å². The number of hydrogen-bond acceptors (Lipinski definition) is 3. The zero-order valence-electron chi connectivity index (χ0n) is 12.4. The maximum atomic E-state index is 11.9. The Kier molecular flexibility index (Phi) is 5.88. The summed E-state index contributed by atoms with van der Waals surface area (Å²) < 4.78 is 5.69. The Morgan fingerprint density at radius 2 is 2.29 bits per heavy atom. The van der Waals surface area contributed by atoms with E-state index in [4.69, 9.17) is 22.1 Å². The highest BCUT2D eigenvalue weighted by molar-refractivity contribution is 6.30. The van der Waals surface area contributed by atoms with Crippen LogP contribution in [0, 0.1) is 12.8 Å².